The number of aromatic amines is 1. The number of nitrogens with two attached hydrogens (primary N) is 1. The molecule has 0 aliphatic rings. The van der Waals surface area contributed by atoms with Gasteiger partial charge in [0.05, 0.1) is 0 Å². The number of hydrogen-bond donors (Lipinski definition) is 3. The van der Waals surface area contributed by atoms with Gasteiger partial charge in [-0.25, -0.2) is 4.98 Å². The van der Waals surface area contributed by atoms with E-state index in [1.165, 1.54) is 5.56 Å². The number of aromatic nitrogens is 2. The molecule has 0 bridgehead atoms. The Hall–Kier alpha value is -3.86. The van der Waals surface area contributed by atoms with Gasteiger partial charge in [-0.2, -0.15) is 0 Å². The molecule has 2 aromatic carbocycles. The zero-order valence-corrected chi connectivity index (χ0v) is 15.2. The van der Waals surface area contributed by atoms with Crippen LogP contribution >= 0.6 is 0 Å². The molecule has 5 heteroatoms. The van der Waals surface area contributed by atoms with Gasteiger partial charge in [0, 0.05) is 41.1 Å². The van der Waals surface area contributed by atoms with Crippen LogP contribution < -0.4 is 11.1 Å². The van der Waals surface area contributed by atoms with Crippen molar-refractivity contribution in [3.63, 3.8) is 0 Å². The highest BCUT2D eigenvalue weighted by Crippen LogP contribution is 2.29. The maximum atomic E-state index is 12.1. The summed E-state index contributed by atoms with van der Waals surface area (Å²) in [7, 11) is 0. The number of carbonyl (C=O) groups is 1. The Morgan fingerprint density at radius 2 is 1.75 bits per heavy atom. The van der Waals surface area contributed by atoms with E-state index < -0.39 is 5.91 Å². The average Bonchev–Trinajstić information content (AvgIpc) is 3.15. The topological polar surface area (TPSA) is 83.8 Å². The van der Waals surface area contributed by atoms with Crippen molar-refractivity contribution in [2.24, 2.45) is 5.73 Å². The number of pyridine rings is 1. The zero-order valence-electron chi connectivity index (χ0n) is 15.2. The van der Waals surface area contributed by atoms with Gasteiger partial charge in [0.15, 0.2) is 0 Å². The van der Waals surface area contributed by atoms with Gasteiger partial charge < -0.3 is 16.0 Å². The largest absolute Gasteiger partial charge is 0.380 e. The zero-order chi connectivity index (χ0) is 19.3. The Kier molecular flexibility index (Phi) is 4.89. The van der Waals surface area contributed by atoms with Gasteiger partial charge in [-0.05, 0) is 23.3 Å². The highest BCUT2D eigenvalue weighted by atomic mass is 16.1. The van der Waals surface area contributed by atoms with Crippen LogP contribution in [0.2, 0.25) is 0 Å². The first-order valence-corrected chi connectivity index (χ1v) is 9.03. The molecule has 2 aromatic heterocycles. The average molecular weight is 368 g/mol. The van der Waals surface area contributed by atoms with Crippen LogP contribution in [0.3, 0.4) is 0 Å². The maximum Gasteiger partial charge on any atom is 0.249 e. The third-order valence-electron chi connectivity index (χ3n) is 4.58. The number of anilines is 1. The molecular weight excluding hydrogens is 348 g/mol. The predicted molar refractivity (Wildman–Crippen MR) is 113 cm³/mol. The van der Waals surface area contributed by atoms with E-state index in [1.807, 2.05) is 66.9 Å². The summed E-state index contributed by atoms with van der Waals surface area (Å²) in [5.74, 6) is -0.469. The van der Waals surface area contributed by atoms with Gasteiger partial charge in [0.1, 0.15) is 5.65 Å². The molecule has 0 radical (unpaired) electrons. The number of hydrogen-bond acceptors (Lipinski definition) is 3. The first kappa shape index (κ1) is 17.5. The molecule has 1 amide bonds. The lowest BCUT2D eigenvalue weighted by Crippen LogP contribution is -2.12. The molecule has 0 fully saturated rings. The van der Waals surface area contributed by atoms with Crippen LogP contribution in [0.5, 0.6) is 0 Å². The molecule has 0 aliphatic carbocycles. The number of nitrogens with one attached hydrogen (secondary N) is 2. The van der Waals surface area contributed by atoms with Crippen molar-refractivity contribution in [2.75, 3.05) is 5.32 Å². The van der Waals surface area contributed by atoms with E-state index in [0.29, 0.717) is 12.1 Å². The standard InChI is InChI=1S/C23H20N4O/c24-22(28)19(17-9-5-2-6-10-17)13-18-15-27-23-21(18)20(11-12-25-23)26-14-16-7-3-1-4-8-16/h1-13,15H,14H2,(H2,24,28)(H2,25,26,27). The molecule has 0 unspecified atom stereocenters. The van der Waals surface area contributed by atoms with Crippen molar-refractivity contribution in [1.29, 1.82) is 0 Å². The van der Waals surface area contributed by atoms with E-state index in [9.17, 15) is 4.79 Å². The van der Waals surface area contributed by atoms with Crippen LogP contribution in [-0.4, -0.2) is 15.9 Å². The van der Waals surface area contributed by atoms with E-state index >= 15 is 0 Å². The Balaban J connectivity index is 1.74. The third-order valence-corrected chi connectivity index (χ3v) is 4.58. The minimum absolute atomic E-state index is 0.458. The molecule has 4 aromatic rings. The Morgan fingerprint density at radius 1 is 1.04 bits per heavy atom. The van der Waals surface area contributed by atoms with Crippen LogP contribution in [0.25, 0.3) is 22.7 Å². The molecule has 5 nitrogen and oxygen atoms in total. The summed E-state index contributed by atoms with van der Waals surface area (Å²) in [6, 6.07) is 21.5. The van der Waals surface area contributed by atoms with Gasteiger partial charge in [-0.15, -0.1) is 0 Å². The summed E-state index contributed by atoms with van der Waals surface area (Å²) in [5, 5.41) is 4.39. The molecule has 0 saturated heterocycles. The molecule has 0 atom stereocenters. The van der Waals surface area contributed by atoms with E-state index in [-0.39, 0.29) is 0 Å². The van der Waals surface area contributed by atoms with Crippen molar-refractivity contribution < 1.29 is 4.79 Å². The van der Waals surface area contributed by atoms with Crippen molar-refractivity contribution >= 4 is 34.3 Å². The number of benzene rings is 2. The minimum atomic E-state index is -0.469. The molecule has 28 heavy (non-hydrogen) atoms. The summed E-state index contributed by atoms with van der Waals surface area (Å²) in [4.78, 5) is 19.6. The molecule has 4 N–H and O–H groups in total. The quantitative estimate of drug-likeness (QED) is 0.446. The van der Waals surface area contributed by atoms with Crippen molar-refractivity contribution in [3.8, 4) is 0 Å². The maximum absolute atomic E-state index is 12.1. The minimum Gasteiger partial charge on any atom is -0.380 e. The second-order valence-corrected chi connectivity index (χ2v) is 6.45. The van der Waals surface area contributed by atoms with Crippen LogP contribution in [0.15, 0.2) is 79.1 Å². The van der Waals surface area contributed by atoms with Crippen molar-refractivity contribution in [1.82, 2.24) is 9.97 Å². The normalized spacial score (nSPS) is 11.5. The van der Waals surface area contributed by atoms with Crippen molar-refractivity contribution in [2.45, 2.75) is 6.54 Å². The lowest BCUT2D eigenvalue weighted by molar-refractivity contribution is -0.112. The molecule has 0 spiro atoms. The Labute approximate surface area is 162 Å². The van der Waals surface area contributed by atoms with Crippen LogP contribution in [0.4, 0.5) is 5.69 Å². The molecule has 0 aliphatic heterocycles. The second kappa shape index (κ2) is 7.80. The van der Waals surface area contributed by atoms with Gasteiger partial charge in [-0.3, -0.25) is 4.79 Å². The summed E-state index contributed by atoms with van der Waals surface area (Å²) >= 11 is 0. The fourth-order valence-corrected chi connectivity index (χ4v) is 3.21. The van der Waals surface area contributed by atoms with Crippen LogP contribution in [0.1, 0.15) is 16.7 Å². The number of amides is 1. The molecule has 2 heterocycles. The number of rotatable bonds is 6. The number of primary amides is 1. The van der Waals surface area contributed by atoms with E-state index in [1.54, 1.807) is 6.20 Å². The van der Waals surface area contributed by atoms with Crippen LogP contribution in [-0.2, 0) is 11.3 Å². The highest BCUT2D eigenvalue weighted by Gasteiger charge is 2.13. The Bertz CT molecular complexity index is 1130. The van der Waals surface area contributed by atoms with Gasteiger partial charge in [0.2, 0.25) is 5.91 Å². The Morgan fingerprint density at radius 3 is 2.46 bits per heavy atom. The van der Waals surface area contributed by atoms with Gasteiger partial charge >= 0.3 is 0 Å². The predicted octanol–water partition coefficient (Wildman–Crippen LogP) is 4.20. The molecular formula is C23H20N4O. The molecule has 0 saturated carbocycles. The first-order valence-electron chi connectivity index (χ1n) is 9.03. The van der Waals surface area contributed by atoms with E-state index in [2.05, 4.69) is 27.4 Å². The summed E-state index contributed by atoms with van der Waals surface area (Å²) in [6.07, 6.45) is 5.41. The number of nitrogens with zero attached hydrogens (tertiary/aromatic N) is 1. The van der Waals surface area contributed by atoms with E-state index in [0.717, 1.165) is 27.8 Å². The lowest BCUT2D eigenvalue weighted by Gasteiger charge is -2.09. The first-order chi connectivity index (χ1) is 13.7. The fourth-order valence-electron chi connectivity index (χ4n) is 3.21. The lowest BCUT2D eigenvalue weighted by atomic mass is 10.0. The highest BCUT2D eigenvalue weighted by molar-refractivity contribution is 6.24. The van der Waals surface area contributed by atoms with Gasteiger partial charge in [0.25, 0.3) is 0 Å². The number of H-pyrrole nitrogens is 1. The number of fused-ring (bicyclic) bond motifs is 1. The molecule has 138 valence electrons. The SMILES string of the molecule is NC(=O)C(=Cc1c[nH]c2nccc(NCc3ccccc3)c12)c1ccccc1. The smallest absolute Gasteiger partial charge is 0.249 e. The molecule has 4 rings (SSSR count). The van der Waals surface area contributed by atoms with Gasteiger partial charge in [-0.1, -0.05) is 60.7 Å². The van der Waals surface area contributed by atoms with E-state index in [4.69, 9.17) is 5.73 Å². The monoisotopic (exact) mass is 368 g/mol. The summed E-state index contributed by atoms with van der Waals surface area (Å²) in [5.41, 5.74) is 10.6. The van der Waals surface area contributed by atoms with Crippen molar-refractivity contribution in [3.05, 3.63) is 95.8 Å². The number of carbonyl (C=O) groups excluding carboxylic acids is 1. The summed E-state index contributed by atoms with van der Waals surface area (Å²) in [6.45, 7) is 0.690. The fraction of sp³-hybridized carbons (Fsp3) is 0.0435. The second-order valence-electron chi connectivity index (χ2n) is 6.45. The van der Waals surface area contributed by atoms with Crippen LogP contribution in [0, 0.1) is 0 Å². The third kappa shape index (κ3) is 3.64. The summed E-state index contributed by atoms with van der Waals surface area (Å²) < 4.78 is 0.